The van der Waals surface area contributed by atoms with E-state index in [-0.39, 0.29) is 11.9 Å². The molecular weight excluding hydrogens is 346 g/mol. The minimum atomic E-state index is -0.0531. The van der Waals surface area contributed by atoms with Crippen LogP contribution in [0.5, 0.6) is 0 Å². The molecule has 3 aromatic rings. The van der Waals surface area contributed by atoms with E-state index in [2.05, 4.69) is 10.3 Å². The average molecular weight is 367 g/mol. The van der Waals surface area contributed by atoms with Gasteiger partial charge in [-0.05, 0) is 43.0 Å². The number of amides is 2. The molecule has 0 unspecified atom stereocenters. The lowest BCUT2D eigenvalue weighted by atomic mass is 10.1. The van der Waals surface area contributed by atoms with Gasteiger partial charge in [-0.1, -0.05) is 6.07 Å². The van der Waals surface area contributed by atoms with Gasteiger partial charge in [0.2, 0.25) is 0 Å². The molecule has 0 spiro atoms. The van der Waals surface area contributed by atoms with E-state index in [0.29, 0.717) is 6.54 Å². The molecule has 1 atom stereocenters. The van der Waals surface area contributed by atoms with Crippen LogP contribution in [0.1, 0.15) is 18.2 Å². The van der Waals surface area contributed by atoms with E-state index in [9.17, 15) is 4.79 Å². The predicted molar refractivity (Wildman–Crippen MR) is 105 cm³/mol. The number of anilines is 1. The van der Waals surface area contributed by atoms with Gasteiger partial charge in [-0.3, -0.25) is 0 Å². The number of nitrogens with zero attached hydrogens (tertiary/aromatic N) is 4. The number of hydrogen-bond donors (Lipinski definition) is 1. The molecule has 6 nitrogen and oxygen atoms in total. The normalized spacial score (nSPS) is 17.0. The van der Waals surface area contributed by atoms with Crippen molar-refractivity contribution in [3.63, 3.8) is 0 Å². The molecule has 26 heavy (non-hydrogen) atoms. The van der Waals surface area contributed by atoms with E-state index in [0.717, 1.165) is 40.5 Å². The van der Waals surface area contributed by atoms with Gasteiger partial charge in [0.25, 0.3) is 0 Å². The first kappa shape index (κ1) is 16.9. The summed E-state index contributed by atoms with van der Waals surface area (Å²) in [5.41, 5.74) is 2.62. The number of urea groups is 1. The van der Waals surface area contributed by atoms with Crippen LogP contribution in [0.3, 0.4) is 0 Å². The maximum atomic E-state index is 12.6. The van der Waals surface area contributed by atoms with Crippen molar-refractivity contribution in [2.75, 3.05) is 24.7 Å². The van der Waals surface area contributed by atoms with Gasteiger partial charge in [-0.15, -0.1) is 11.8 Å². The standard InChI is InChI=1S/C19H21N5OS/c1-23-17(22-16-7-4-9-20-18(16)23)13-8-10-24(12-13)19(25)21-14-5-3-6-15(11-14)26-2/h3-7,9,11,13H,8,10,12H2,1-2H3,(H,21,25)/t13-/m1/s1. The van der Waals surface area contributed by atoms with Crippen molar-refractivity contribution in [3.05, 3.63) is 48.4 Å². The number of carbonyl (C=O) groups excluding carboxylic acids is 1. The summed E-state index contributed by atoms with van der Waals surface area (Å²) in [5, 5.41) is 3.01. The maximum Gasteiger partial charge on any atom is 0.321 e. The first-order valence-corrected chi connectivity index (χ1v) is 9.85. The molecule has 2 aromatic heterocycles. The molecular formula is C19H21N5OS. The summed E-state index contributed by atoms with van der Waals surface area (Å²) in [6, 6.07) is 11.7. The molecule has 3 heterocycles. The first-order valence-electron chi connectivity index (χ1n) is 8.63. The third kappa shape index (κ3) is 3.14. The summed E-state index contributed by atoms with van der Waals surface area (Å²) in [7, 11) is 1.99. The Bertz CT molecular complexity index is 954. The Hall–Kier alpha value is -2.54. The molecule has 2 amide bonds. The molecule has 134 valence electrons. The Kier molecular flexibility index (Phi) is 4.55. The highest BCUT2D eigenvalue weighted by Crippen LogP contribution is 2.29. The van der Waals surface area contributed by atoms with E-state index in [1.54, 1.807) is 18.0 Å². The third-order valence-corrected chi connectivity index (χ3v) is 5.55. The molecule has 1 N–H and O–H groups in total. The van der Waals surface area contributed by atoms with Gasteiger partial charge in [0.05, 0.1) is 0 Å². The number of carbonyl (C=O) groups is 1. The zero-order chi connectivity index (χ0) is 18.1. The number of aromatic nitrogens is 3. The van der Waals surface area contributed by atoms with Crippen LogP contribution in [0.2, 0.25) is 0 Å². The van der Waals surface area contributed by atoms with Gasteiger partial charge >= 0.3 is 6.03 Å². The zero-order valence-corrected chi connectivity index (χ0v) is 15.7. The number of thioether (sulfide) groups is 1. The molecule has 0 saturated carbocycles. The average Bonchev–Trinajstić information content (AvgIpc) is 3.27. The third-order valence-electron chi connectivity index (χ3n) is 4.82. The lowest BCUT2D eigenvalue weighted by molar-refractivity contribution is 0.222. The van der Waals surface area contributed by atoms with Gasteiger partial charge < -0.3 is 14.8 Å². The molecule has 1 aliphatic heterocycles. The lowest BCUT2D eigenvalue weighted by Gasteiger charge is -2.17. The number of fused-ring (bicyclic) bond motifs is 1. The number of pyridine rings is 1. The van der Waals surface area contributed by atoms with E-state index in [1.807, 2.05) is 59.2 Å². The number of aryl methyl sites for hydroxylation is 1. The summed E-state index contributed by atoms with van der Waals surface area (Å²) in [6.45, 7) is 1.40. The van der Waals surface area contributed by atoms with Crippen molar-refractivity contribution in [2.45, 2.75) is 17.2 Å². The topological polar surface area (TPSA) is 63.1 Å². The molecule has 0 radical (unpaired) electrons. The van der Waals surface area contributed by atoms with Crippen LogP contribution in [0.15, 0.2) is 47.5 Å². The second kappa shape index (κ2) is 6.99. The molecule has 7 heteroatoms. The lowest BCUT2D eigenvalue weighted by Crippen LogP contribution is -2.33. The summed E-state index contributed by atoms with van der Waals surface area (Å²) < 4.78 is 2.04. The summed E-state index contributed by atoms with van der Waals surface area (Å²) in [4.78, 5) is 24.8. The minimum Gasteiger partial charge on any atom is -0.324 e. The SMILES string of the molecule is CSc1cccc(NC(=O)N2CC[C@@H](c3nc4cccnc4n3C)C2)c1. The van der Waals surface area contributed by atoms with Gasteiger partial charge in [0.1, 0.15) is 11.3 Å². The Labute approximate surface area is 156 Å². The number of likely N-dealkylation sites (tertiary alicyclic amines) is 1. The number of hydrogen-bond acceptors (Lipinski definition) is 4. The van der Waals surface area contributed by atoms with E-state index in [1.165, 1.54) is 0 Å². The molecule has 0 bridgehead atoms. The molecule has 1 aromatic carbocycles. The minimum absolute atomic E-state index is 0.0531. The Balaban J connectivity index is 1.47. The van der Waals surface area contributed by atoms with Crippen LogP contribution in [-0.2, 0) is 7.05 Å². The number of benzene rings is 1. The van der Waals surface area contributed by atoms with Gasteiger partial charge in [0.15, 0.2) is 5.65 Å². The number of rotatable bonds is 3. The molecule has 4 rings (SSSR count). The Morgan fingerprint density at radius 2 is 2.19 bits per heavy atom. The van der Waals surface area contributed by atoms with Gasteiger partial charge in [0, 0.05) is 42.8 Å². The highest BCUT2D eigenvalue weighted by atomic mass is 32.2. The monoisotopic (exact) mass is 367 g/mol. The Morgan fingerprint density at radius 1 is 1.31 bits per heavy atom. The van der Waals surface area contributed by atoms with Gasteiger partial charge in [-0.25, -0.2) is 14.8 Å². The highest BCUT2D eigenvalue weighted by molar-refractivity contribution is 7.98. The zero-order valence-electron chi connectivity index (χ0n) is 14.8. The fraction of sp³-hybridized carbons (Fsp3) is 0.316. The summed E-state index contributed by atoms with van der Waals surface area (Å²) in [5.74, 6) is 1.23. The van der Waals surface area contributed by atoms with E-state index in [4.69, 9.17) is 4.98 Å². The molecule has 0 aliphatic carbocycles. The Morgan fingerprint density at radius 3 is 3.00 bits per heavy atom. The first-order chi connectivity index (χ1) is 12.7. The second-order valence-corrected chi connectivity index (χ2v) is 7.35. The largest absolute Gasteiger partial charge is 0.324 e. The van der Waals surface area contributed by atoms with E-state index >= 15 is 0 Å². The quantitative estimate of drug-likeness (QED) is 0.717. The van der Waals surface area contributed by atoms with Crippen molar-refractivity contribution in [2.24, 2.45) is 7.05 Å². The van der Waals surface area contributed by atoms with Crippen LogP contribution in [0, 0.1) is 0 Å². The fourth-order valence-corrected chi connectivity index (χ4v) is 3.92. The number of imidazole rings is 1. The van der Waals surface area contributed by atoms with Crippen LogP contribution in [0.4, 0.5) is 10.5 Å². The second-order valence-electron chi connectivity index (χ2n) is 6.47. The molecule has 1 fully saturated rings. The van der Waals surface area contributed by atoms with Crippen LogP contribution in [0.25, 0.3) is 11.2 Å². The molecule has 1 saturated heterocycles. The highest BCUT2D eigenvalue weighted by Gasteiger charge is 2.30. The van der Waals surface area contributed by atoms with Crippen molar-refractivity contribution in [1.82, 2.24) is 19.4 Å². The van der Waals surface area contributed by atoms with Crippen molar-refractivity contribution >= 4 is 34.6 Å². The van der Waals surface area contributed by atoms with Crippen LogP contribution >= 0.6 is 11.8 Å². The van der Waals surface area contributed by atoms with Crippen LogP contribution in [-0.4, -0.2) is 44.8 Å². The summed E-state index contributed by atoms with van der Waals surface area (Å²) >= 11 is 1.66. The van der Waals surface area contributed by atoms with Crippen molar-refractivity contribution < 1.29 is 4.79 Å². The number of nitrogens with one attached hydrogen (secondary N) is 1. The fourth-order valence-electron chi connectivity index (χ4n) is 3.47. The molecule has 1 aliphatic rings. The maximum absolute atomic E-state index is 12.6. The van der Waals surface area contributed by atoms with Crippen LogP contribution < -0.4 is 5.32 Å². The van der Waals surface area contributed by atoms with Crippen molar-refractivity contribution in [1.29, 1.82) is 0 Å². The van der Waals surface area contributed by atoms with Crippen molar-refractivity contribution in [3.8, 4) is 0 Å². The summed E-state index contributed by atoms with van der Waals surface area (Å²) in [6.07, 6.45) is 4.72. The smallest absolute Gasteiger partial charge is 0.321 e. The predicted octanol–water partition coefficient (Wildman–Crippen LogP) is 3.71. The van der Waals surface area contributed by atoms with Gasteiger partial charge in [-0.2, -0.15) is 0 Å². The van der Waals surface area contributed by atoms with E-state index < -0.39 is 0 Å².